The number of hydrogen-bond donors (Lipinski definition) is 2. The molecule has 4 N–H and O–H groups in total. The van der Waals surface area contributed by atoms with Crippen LogP contribution in [0.25, 0.3) is 0 Å². The quantitative estimate of drug-likeness (QED) is 0.405. The standard InChI is InChI=1S/C18H22O2.2C3H5NO/c1-17(2,15-11-7-5-8-12-15)19-20-18(3,4)16-13-9-6-10-14-16;2*1-2-3(4)5/h5-14H,1-4H3;2*2H,1H2,(H2,4,5). The summed E-state index contributed by atoms with van der Waals surface area (Å²) in [5, 5.41) is 0. The molecule has 0 aliphatic heterocycles. The molecule has 0 radical (unpaired) electrons. The van der Waals surface area contributed by atoms with Crippen molar-refractivity contribution < 1.29 is 19.4 Å². The van der Waals surface area contributed by atoms with Crippen molar-refractivity contribution in [2.24, 2.45) is 11.5 Å². The van der Waals surface area contributed by atoms with E-state index in [1.807, 2.05) is 88.4 Å². The summed E-state index contributed by atoms with van der Waals surface area (Å²) in [7, 11) is 0. The SMILES string of the molecule is C=CC(N)=O.C=CC(N)=O.CC(C)(OOC(C)(C)c1ccccc1)c1ccccc1. The molecular weight excluding hydrogens is 380 g/mol. The Kier molecular flexibility index (Phi) is 11.7. The van der Waals surface area contributed by atoms with Gasteiger partial charge < -0.3 is 11.5 Å². The third kappa shape index (κ3) is 10.9. The minimum absolute atomic E-state index is 0.481. The molecule has 2 rings (SSSR count). The van der Waals surface area contributed by atoms with Crippen LogP contribution >= 0.6 is 0 Å². The molecule has 0 aromatic heterocycles. The Hall–Kier alpha value is -3.22. The van der Waals surface area contributed by atoms with Crippen LogP contribution in [-0.4, -0.2) is 11.8 Å². The first-order chi connectivity index (χ1) is 14.0. The topological polar surface area (TPSA) is 105 Å². The van der Waals surface area contributed by atoms with Gasteiger partial charge in [0.1, 0.15) is 11.2 Å². The Balaban J connectivity index is 0.000000702. The number of carbonyl (C=O) groups is 2. The van der Waals surface area contributed by atoms with Crippen LogP contribution in [0.2, 0.25) is 0 Å². The van der Waals surface area contributed by atoms with E-state index >= 15 is 0 Å². The molecule has 0 heterocycles. The van der Waals surface area contributed by atoms with Gasteiger partial charge in [0.15, 0.2) is 0 Å². The molecule has 0 saturated carbocycles. The number of rotatable bonds is 7. The van der Waals surface area contributed by atoms with Gasteiger partial charge in [-0.25, -0.2) is 9.78 Å². The van der Waals surface area contributed by atoms with E-state index in [9.17, 15) is 9.59 Å². The number of carbonyl (C=O) groups excluding carboxylic acids is 2. The summed E-state index contributed by atoms with van der Waals surface area (Å²) in [6, 6.07) is 20.2. The van der Waals surface area contributed by atoms with Crippen LogP contribution in [0.4, 0.5) is 0 Å². The van der Waals surface area contributed by atoms with Gasteiger partial charge in [-0.3, -0.25) is 9.59 Å². The lowest BCUT2D eigenvalue weighted by Gasteiger charge is -2.31. The fraction of sp³-hybridized carbons (Fsp3) is 0.250. The number of nitrogens with two attached hydrogens (primary N) is 2. The van der Waals surface area contributed by atoms with Gasteiger partial charge in [-0.2, -0.15) is 0 Å². The predicted molar refractivity (Wildman–Crippen MR) is 120 cm³/mol. The van der Waals surface area contributed by atoms with Crippen molar-refractivity contribution >= 4 is 11.8 Å². The molecule has 0 spiro atoms. The van der Waals surface area contributed by atoms with Crippen LogP contribution in [0.3, 0.4) is 0 Å². The predicted octanol–water partition coefficient (Wildman–Crippen LogP) is 4.12. The molecule has 0 bridgehead atoms. The van der Waals surface area contributed by atoms with Crippen LogP contribution in [-0.2, 0) is 30.6 Å². The van der Waals surface area contributed by atoms with Crippen molar-refractivity contribution in [2.45, 2.75) is 38.9 Å². The Morgan fingerprint density at radius 1 is 0.700 bits per heavy atom. The zero-order valence-electron chi connectivity index (χ0n) is 18.1. The molecule has 0 aliphatic rings. The third-order valence-corrected chi connectivity index (χ3v) is 3.80. The van der Waals surface area contributed by atoms with Crippen LogP contribution in [0, 0.1) is 0 Å². The summed E-state index contributed by atoms with van der Waals surface area (Å²) in [5.74, 6) is -0.963. The maximum absolute atomic E-state index is 9.47. The molecule has 6 heteroatoms. The molecule has 162 valence electrons. The van der Waals surface area contributed by atoms with E-state index in [0.717, 1.165) is 23.3 Å². The summed E-state index contributed by atoms with van der Waals surface area (Å²) in [4.78, 5) is 30.4. The molecule has 2 aromatic rings. The molecule has 2 aromatic carbocycles. The van der Waals surface area contributed by atoms with Crippen LogP contribution in [0.15, 0.2) is 86.0 Å². The summed E-state index contributed by atoms with van der Waals surface area (Å²) >= 11 is 0. The molecule has 0 unspecified atom stereocenters. The number of hydrogen-bond acceptors (Lipinski definition) is 4. The van der Waals surface area contributed by atoms with Gasteiger partial charge in [-0.05, 0) is 51.0 Å². The molecular formula is C24H32N2O4. The smallest absolute Gasteiger partial charge is 0.240 e. The number of amides is 2. The Bertz CT molecular complexity index is 731. The van der Waals surface area contributed by atoms with Gasteiger partial charge in [-0.15, -0.1) is 0 Å². The first-order valence-corrected chi connectivity index (χ1v) is 9.28. The van der Waals surface area contributed by atoms with Crippen molar-refractivity contribution in [3.05, 3.63) is 97.1 Å². The van der Waals surface area contributed by atoms with Gasteiger partial charge >= 0.3 is 0 Å². The highest BCUT2D eigenvalue weighted by molar-refractivity contribution is 5.85. The highest BCUT2D eigenvalue weighted by Gasteiger charge is 2.29. The molecule has 2 amide bonds. The second-order valence-electron chi connectivity index (χ2n) is 7.13. The highest BCUT2D eigenvalue weighted by Crippen LogP contribution is 2.31. The van der Waals surface area contributed by atoms with Gasteiger partial charge in [0, 0.05) is 0 Å². The average molecular weight is 413 g/mol. The second-order valence-corrected chi connectivity index (χ2v) is 7.13. The fourth-order valence-corrected chi connectivity index (χ4v) is 1.98. The molecule has 0 aliphatic carbocycles. The summed E-state index contributed by atoms with van der Waals surface area (Å²) in [6.07, 6.45) is 2.11. The van der Waals surface area contributed by atoms with Crippen molar-refractivity contribution in [3.8, 4) is 0 Å². The molecule has 0 saturated heterocycles. The number of primary amides is 2. The third-order valence-electron chi connectivity index (χ3n) is 3.80. The number of benzene rings is 2. The minimum atomic E-state index is -0.493. The summed E-state index contributed by atoms with van der Waals surface area (Å²) < 4.78 is 0. The van der Waals surface area contributed by atoms with Crippen molar-refractivity contribution in [1.82, 2.24) is 0 Å². The van der Waals surface area contributed by atoms with E-state index in [1.54, 1.807) is 0 Å². The largest absolute Gasteiger partial charge is 0.366 e. The maximum atomic E-state index is 9.47. The van der Waals surface area contributed by atoms with Crippen LogP contribution in [0.1, 0.15) is 38.8 Å². The van der Waals surface area contributed by atoms with Crippen molar-refractivity contribution in [1.29, 1.82) is 0 Å². The zero-order valence-corrected chi connectivity index (χ0v) is 18.1. The van der Waals surface area contributed by atoms with Gasteiger partial charge in [0.25, 0.3) is 0 Å². The Morgan fingerprint density at radius 2 is 0.933 bits per heavy atom. The van der Waals surface area contributed by atoms with Gasteiger partial charge in [0.05, 0.1) is 0 Å². The monoisotopic (exact) mass is 412 g/mol. The summed E-state index contributed by atoms with van der Waals surface area (Å²) in [5.41, 5.74) is 10.3. The van der Waals surface area contributed by atoms with E-state index in [1.165, 1.54) is 0 Å². The van der Waals surface area contributed by atoms with Crippen molar-refractivity contribution in [2.75, 3.05) is 0 Å². The second kappa shape index (κ2) is 13.1. The first-order valence-electron chi connectivity index (χ1n) is 9.28. The zero-order chi connectivity index (χ0) is 23.2. The fourth-order valence-electron chi connectivity index (χ4n) is 1.98. The summed E-state index contributed by atoms with van der Waals surface area (Å²) in [6.45, 7) is 14.2. The molecule has 6 nitrogen and oxygen atoms in total. The first kappa shape index (κ1) is 26.8. The van der Waals surface area contributed by atoms with E-state index < -0.39 is 23.0 Å². The van der Waals surface area contributed by atoms with E-state index in [2.05, 4.69) is 24.6 Å². The normalized spacial score (nSPS) is 10.4. The van der Waals surface area contributed by atoms with Gasteiger partial charge in [0.2, 0.25) is 11.8 Å². The van der Waals surface area contributed by atoms with E-state index in [4.69, 9.17) is 9.78 Å². The Morgan fingerprint density at radius 3 is 1.13 bits per heavy atom. The lowest BCUT2D eigenvalue weighted by Crippen LogP contribution is -2.29. The van der Waals surface area contributed by atoms with Crippen molar-refractivity contribution in [3.63, 3.8) is 0 Å². The van der Waals surface area contributed by atoms with Crippen LogP contribution in [0.5, 0.6) is 0 Å². The average Bonchev–Trinajstić information content (AvgIpc) is 2.74. The molecule has 30 heavy (non-hydrogen) atoms. The lowest BCUT2D eigenvalue weighted by molar-refractivity contribution is -0.410. The lowest BCUT2D eigenvalue weighted by atomic mass is 9.98. The van der Waals surface area contributed by atoms with Gasteiger partial charge in [-0.1, -0.05) is 73.8 Å². The van der Waals surface area contributed by atoms with E-state index in [0.29, 0.717) is 0 Å². The highest BCUT2D eigenvalue weighted by atomic mass is 17.2. The van der Waals surface area contributed by atoms with Crippen LogP contribution < -0.4 is 11.5 Å². The minimum Gasteiger partial charge on any atom is -0.366 e. The van der Waals surface area contributed by atoms with E-state index in [-0.39, 0.29) is 0 Å². The molecule has 0 atom stereocenters. The maximum Gasteiger partial charge on any atom is 0.240 e. The Labute approximate surface area is 179 Å². The molecule has 0 fully saturated rings.